The van der Waals surface area contributed by atoms with E-state index in [9.17, 15) is 14.4 Å². The van der Waals surface area contributed by atoms with Crippen molar-refractivity contribution in [2.75, 3.05) is 13.2 Å². The zero-order valence-electron chi connectivity index (χ0n) is 50.9. The Balaban J connectivity index is 4.22. The Morgan fingerprint density at radius 1 is 0.269 bits per heavy atom. The maximum Gasteiger partial charge on any atom is 0.306 e. The van der Waals surface area contributed by atoms with Crippen LogP contribution in [-0.2, 0) is 28.6 Å². The smallest absolute Gasteiger partial charge is 0.306 e. The molecule has 444 valence electrons. The molecule has 0 bridgehead atoms. The minimum absolute atomic E-state index is 0.0901. The fourth-order valence-electron chi connectivity index (χ4n) is 8.91. The van der Waals surface area contributed by atoms with Crippen molar-refractivity contribution in [2.24, 2.45) is 0 Å². The molecule has 0 aromatic heterocycles. The van der Waals surface area contributed by atoms with E-state index in [1.807, 2.05) is 0 Å². The van der Waals surface area contributed by atoms with Gasteiger partial charge in [0.25, 0.3) is 0 Å². The zero-order valence-corrected chi connectivity index (χ0v) is 50.9. The van der Waals surface area contributed by atoms with E-state index in [1.54, 1.807) is 0 Å². The molecule has 0 radical (unpaired) electrons. The predicted octanol–water partition coefficient (Wildman–Crippen LogP) is 22.4. The highest BCUT2D eigenvalue weighted by atomic mass is 16.6. The minimum Gasteiger partial charge on any atom is -0.462 e. The molecule has 0 fully saturated rings. The molecule has 0 aliphatic rings. The maximum atomic E-state index is 12.9. The number of hydrogen-bond donors (Lipinski definition) is 0. The van der Waals surface area contributed by atoms with Crippen LogP contribution >= 0.6 is 0 Å². The molecule has 0 amide bonds. The number of carbonyl (C=O) groups excluding carboxylic acids is 3. The van der Waals surface area contributed by atoms with Gasteiger partial charge in [0, 0.05) is 19.3 Å². The summed E-state index contributed by atoms with van der Waals surface area (Å²) in [7, 11) is 0. The van der Waals surface area contributed by atoms with Crippen molar-refractivity contribution in [1.29, 1.82) is 0 Å². The molecule has 0 rings (SSSR count). The predicted molar refractivity (Wildman–Crippen MR) is 339 cm³/mol. The van der Waals surface area contributed by atoms with Crippen LogP contribution in [0.5, 0.6) is 0 Å². The highest BCUT2D eigenvalue weighted by molar-refractivity contribution is 5.71. The van der Waals surface area contributed by atoms with Crippen LogP contribution < -0.4 is 0 Å². The van der Waals surface area contributed by atoms with Crippen molar-refractivity contribution >= 4 is 17.9 Å². The highest BCUT2D eigenvalue weighted by Crippen LogP contribution is 2.16. The first-order valence-electron chi connectivity index (χ1n) is 32.5. The van der Waals surface area contributed by atoms with Crippen LogP contribution in [0, 0.1) is 0 Å². The number of rotatable bonds is 58. The molecule has 0 aromatic rings. The Bertz CT molecular complexity index is 1620. The fraction of sp³-hybridized carbons (Fsp3) is 0.681. The first-order chi connectivity index (χ1) is 38.5. The third kappa shape index (κ3) is 62.7. The van der Waals surface area contributed by atoms with Crippen molar-refractivity contribution in [3.8, 4) is 0 Å². The van der Waals surface area contributed by atoms with Crippen LogP contribution in [0.4, 0.5) is 0 Å². The Hall–Kier alpha value is -4.19. The number of ether oxygens (including phenoxy) is 3. The summed E-state index contributed by atoms with van der Waals surface area (Å²) in [4.78, 5) is 38.2. The zero-order chi connectivity index (χ0) is 56.4. The first-order valence-corrected chi connectivity index (χ1v) is 32.5. The monoisotopic (exact) mass is 1080 g/mol. The summed E-state index contributed by atoms with van der Waals surface area (Å²) in [5.74, 6) is -0.918. The van der Waals surface area contributed by atoms with E-state index in [0.717, 1.165) is 128 Å². The molecule has 0 aromatic carbocycles. The van der Waals surface area contributed by atoms with Gasteiger partial charge in [-0.1, -0.05) is 290 Å². The molecule has 0 N–H and O–H groups in total. The third-order valence-electron chi connectivity index (χ3n) is 13.7. The van der Waals surface area contributed by atoms with Crippen molar-refractivity contribution in [3.63, 3.8) is 0 Å². The second-order valence-corrected chi connectivity index (χ2v) is 21.3. The summed E-state index contributed by atoms with van der Waals surface area (Å²) in [5, 5.41) is 0. The molecular weight excluding hydrogens is 961 g/mol. The van der Waals surface area contributed by atoms with E-state index in [4.69, 9.17) is 14.2 Å². The van der Waals surface area contributed by atoms with Gasteiger partial charge in [-0.3, -0.25) is 14.4 Å². The molecule has 78 heavy (non-hydrogen) atoms. The summed E-state index contributed by atoms with van der Waals surface area (Å²) in [5.41, 5.74) is 0. The second-order valence-electron chi connectivity index (χ2n) is 21.3. The van der Waals surface area contributed by atoms with Crippen LogP contribution in [0.25, 0.3) is 0 Å². The van der Waals surface area contributed by atoms with Crippen molar-refractivity contribution in [2.45, 2.75) is 303 Å². The van der Waals surface area contributed by atoms with E-state index >= 15 is 0 Å². The van der Waals surface area contributed by atoms with Gasteiger partial charge in [-0.15, -0.1) is 0 Å². The van der Waals surface area contributed by atoms with Crippen molar-refractivity contribution < 1.29 is 28.6 Å². The molecule has 0 saturated heterocycles. The number of carbonyl (C=O) groups is 3. The van der Waals surface area contributed by atoms with Crippen LogP contribution in [0.2, 0.25) is 0 Å². The molecule has 1 atom stereocenters. The van der Waals surface area contributed by atoms with E-state index in [-0.39, 0.29) is 37.5 Å². The molecular formula is C72H120O6. The largest absolute Gasteiger partial charge is 0.462 e. The van der Waals surface area contributed by atoms with Crippen molar-refractivity contribution in [3.05, 3.63) is 122 Å². The Labute approximate surface area is 482 Å². The quantitative estimate of drug-likeness (QED) is 0.0261. The van der Waals surface area contributed by atoms with Gasteiger partial charge in [-0.05, 0) is 109 Å². The number of unbranched alkanes of at least 4 members (excludes halogenated alkanes) is 27. The van der Waals surface area contributed by atoms with E-state index in [1.165, 1.54) is 128 Å². The van der Waals surface area contributed by atoms with Crippen LogP contribution in [-0.4, -0.2) is 37.2 Å². The molecule has 6 nitrogen and oxygen atoms in total. The summed E-state index contributed by atoms with van der Waals surface area (Å²) in [6.45, 7) is 6.39. The van der Waals surface area contributed by atoms with Gasteiger partial charge in [0.15, 0.2) is 6.10 Å². The van der Waals surface area contributed by atoms with Gasteiger partial charge in [0.05, 0.1) is 0 Å². The Morgan fingerprint density at radius 3 is 0.795 bits per heavy atom. The standard InChI is InChI=1S/C72H120O6/c1-4-7-10-13-16-19-22-24-26-28-30-31-32-33-34-35-36-37-38-39-40-41-43-44-46-48-50-53-56-59-62-65-71(74)77-68-69(67-76-70(73)64-61-58-55-52-21-18-15-12-9-6-3)78-72(75)66-63-60-57-54-51-49-47-45-42-29-27-25-23-20-17-14-11-8-5-2/h7-8,10-11,16-17,19-20,24-27,30-31,33-34,42,45,49,51,69H,4-6,9,12-15,18,21-23,28-29,32,35-41,43-44,46-48,50,52-68H2,1-3H3/b10-7-,11-8-,19-16-,20-17-,26-24-,27-25-,31-30-,34-33-,45-42-,51-49-. The van der Waals surface area contributed by atoms with Gasteiger partial charge in [0.1, 0.15) is 13.2 Å². The second kappa shape index (κ2) is 65.3. The van der Waals surface area contributed by atoms with Gasteiger partial charge >= 0.3 is 17.9 Å². The van der Waals surface area contributed by atoms with Gasteiger partial charge in [-0.2, -0.15) is 0 Å². The fourth-order valence-corrected chi connectivity index (χ4v) is 8.91. The number of esters is 3. The lowest BCUT2D eigenvalue weighted by Crippen LogP contribution is -2.30. The van der Waals surface area contributed by atoms with E-state index in [2.05, 4.69) is 142 Å². The molecule has 0 spiro atoms. The molecule has 0 heterocycles. The van der Waals surface area contributed by atoms with Gasteiger partial charge < -0.3 is 14.2 Å². The van der Waals surface area contributed by atoms with Crippen molar-refractivity contribution in [1.82, 2.24) is 0 Å². The molecule has 0 aliphatic carbocycles. The first kappa shape index (κ1) is 73.8. The molecule has 6 heteroatoms. The SMILES string of the molecule is CC/C=C\C/C=C\C/C=C\C/C=C\C/C=C\CCCCCCCCCCCCCCCCCC(=O)OCC(COC(=O)CCCCCCCCCCCC)OC(=O)CCCCC/C=C\C/C=C\C/C=C\C/C=C\C/C=C\CC. The Kier molecular flexibility index (Phi) is 61.8. The lowest BCUT2D eigenvalue weighted by molar-refractivity contribution is -0.167. The summed E-state index contributed by atoms with van der Waals surface area (Å²) in [6.07, 6.45) is 90.8. The van der Waals surface area contributed by atoms with Crippen LogP contribution in [0.15, 0.2) is 122 Å². The van der Waals surface area contributed by atoms with Gasteiger partial charge in [0.2, 0.25) is 0 Å². The lowest BCUT2D eigenvalue weighted by atomic mass is 10.0. The lowest BCUT2D eigenvalue weighted by Gasteiger charge is -2.18. The van der Waals surface area contributed by atoms with Crippen LogP contribution in [0.1, 0.15) is 297 Å². The topological polar surface area (TPSA) is 78.9 Å². The normalized spacial score (nSPS) is 12.9. The average Bonchev–Trinajstić information content (AvgIpc) is 3.44. The molecule has 1 unspecified atom stereocenters. The third-order valence-corrected chi connectivity index (χ3v) is 13.7. The summed E-state index contributed by atoms with van der Waals surface area (Å²) in [6, 6.07) is 0. The number of allylic oxidation sites excluding steroid dienone is 20. The average molecular weight is 1080 g/mol. The van der Waals surface area contributed by atoms with E-state index in [0.29, 0.717) is 12.8 Å². The highest BCUT2D eigenvalue weighted by Gasteiger charge is 2.19. The van der Waals surface area contributed by atoms with Crippen LogP contribution in [0.3, 0.4) is 0 Å². The Morgan fingerprint density at radius 2 is 0.500 bits per heavy atom. The molecule has 0 saturated carbocycles. The minimum atomic E-state index is -0.796. The summed E-state index contributed by atoms with van der Waals surface area (Å²) < 4.78 is 16.9. The van der Waals surface area contributed by atoms with E-state index < -0.39 is 6.10 Å². The number of hydrogen-bond acceptors (Lipinski definition) is 6. The van der Waals surface area contributed by atoms with Gasteiger partial charge in [-0.25, -0.2) is 0 Å². The summed E-state index contributed by atoms with van der Waals surface area (Å²) >= 11 is 0. The maximum absolute atomic E-state index is 12.9. The molecule has 0 aliphatic heterocycles.